The Kier molecular flexibility index (Phi) is 6.37. The molecule has 5 heteroatoms. The van der Waals surface area contributed by atoms with Crippen LogP contribution in [0, 0.1) is 0 Å². The van der Waals surface area contributed by atoms with Crippen molar-refractivity contribution in [2.24, 2.45) is 0 Å². The first-order chi connectivity index (χ1) is 11.6. The van der Waals surface area contributed by atoms with E-state index >= 15 is 0 Å². The van der Waals surface area contributed by atoms with Gasteiger partial charge in [0.2, 0.25) is 11.8 Å². The number of methoxy groups -OCH3 is 1. The summed E-state index contributed by atoms with van der Waals surface area (Å²) in [6.07, 6.45) is 0.711. The maximum Gasteiger partial charge on any atom is 0.244 e. The SMILES string of the molecule is COc1ccccc1NC(=O)CN(CCc1ccccc1)C(C)=O. The molecule has 2 amide bonds. The summed E-state index contributed by atoms with van der Waals surface area (Å²) in [5, 5.41) is 2.79. The summed E-state index contributed by atoms with van der Waals surface area (Å²) < 4.78 is 5.21. The van der Waals surface area contributed by atoms with Crippen LogP contribution in [0.4, 0.5) is 5.69 Å². The van der Waals surface area contributed by atoms with Gasteiger partial charge in [-0.15, -0.1) is 0 Å². The van der Waals surface area contributed by atoms with Crippen LogP contribution in [0.25, 0.3) is 0 Å². The van der Waals surface area contributed by atoms with Crippen molar-refractivity contribution in [1.29, 1.82) is 0 Å². The van der Waals surface area contributed by atoms with Crippen LogP contribution in [-0.4, -0.2) is 36.9 Å². The van der Waals surface area contributed by atoms with Crippen LogP contribution in [0.3, 0.4) is 0 Å². The first-order valence-electron chi connectivity index (χ1n) is 7.82. The van der Waals surface area contributed by atoms with Gasteiger partial charge in [0.15, 0.2) is 0 Å². The van der Waals surface area contributed by atoms with Crippen LogP contribution < -0.4 is 10.1 Å². The van der Waals surface area contributed by atoms with Gasteiger partial charge in [0.1, 0.15) is 5.75 Å². The minimum Gasteiger partial charge on any atom is -0.495 e. The molecule has 24 heavy (non-hydrogen) atoms. The van der Waals surface area contributed by atoms with Gasteiger partial charge >= 0.3 is 0 Å². The highest BCUT2D eigenvalue weighted by molar-refractivity contribution is 5.95. The number of hydrogen-bond donors (Lipinski definition) is 1. The number of nitrogens with one attached hydrogen (secondary N) is 1. The molecule has 0 aromatic heterocycles. The molecule has 0 saturated heterocycles. The molecule has 2 rings (SSSR count). The van der Waals surface area contributed by atoms with Gasteiger partial charge < -0.3 is 15.0 Å². The molecule has 0 aliphatic rings. The predicted octanol–water partition coefficient (Wildman–Crippen LogP) is 2.72. The molecule has 0 fully saturated rings. The second kappa shape index (κ2) is 8.72. The Morgan fingerprint density at radius 2 is 1.71 bits per heavy atom. The van der Waals surface area contributed by atoms with Crippen molar-refractivity contribution in [2.75, 3.05) is 25.5 Å². The summed E-state index contributed by atoms with van der Waals surface area (Å²) in [5.74, 6) is 0.216. The second-order valence-corrected chi connectivity index (χ2v) is 5.42. The molecule has 0 atom stereocenters. The van der Waals surface area contributed by atoms with E-state index < -0.39 is 0 Å². The van der Waals surface area contributed by atoms with Crippen LogP contribution >= 0.6 is 0 Å². The molecule has 0 saturated carbocycles. The van der Waals surface area contributed by atoms with E-state index in [2.05, 4.69) is 5.32 Å². The van der Waals surface area contributed by atoms with E-state index in [1.54, 1.807) is 19.2 Å². The van der Waals surface area contributed by atoms with Gasteiger partial charge in [-0.1, -0.05) is 42.5 Å². The van der Waals surface area contributed by atoms with E-state index in [-0.39, 0.29) is 18.4 Å². The standard InChI is InChI=1S/C19H22N2O3/c1-15(22)21(13-12-16-8-4-3-5-9-16)14-19(23)20-17-10-6-7-11-18(17)24-2/h3-11H,12-14H2,1-2H3,(H,20,23). The van der Waals surface area contributed by atoms with E-state index in [0.29, 0.717) is 24.4 Å². The minimum atomic E-state index is -0.247. The van der Waals surface area contributed by atoms with E-state index in [0.717, 1.165) is 5.56 Å². The Morgan fingerprint density at radius 1 is 1.04 bits per heavy atom. The summed E-state index contributed by atoms with van der Waals surface area (Å²) in [6.45, 7) is 1.99. The van der Waals surface area contributed by atoms with Crippen molar-refractivity contribution in [3.05, 3.63) is 60.2 Å². The summed E-state index contributed by atoms with van der Waals surface area (Å²) in [4.78, 5) is 25.6. The zero-order valence-electron chi connectivity index (χ0n) is 14.0. The Morgan fingerprint density at radius 3 is 2.38 bits per heavy atom. The second-order valence-electron chi connectivity index (χ2n) is 5.42. The highest BCUT2D eigenvalue weighted by atomic mass is 16.5. The van der Waals surface area contributed by atoms with Crippen molar-refractivity contribution in [2.45, 2.75) is 13.3 Å². The number of carbonyl (C=O) groups excluding carboxylic acids is 2. The van der Waals surface area contributed by atoms with Crippen molar-refractivity contribution in [3.63, 3.8) is 0 Å². The lowest BCUT2D eigenvalue weighted by Gasteiger charge is -2.21. The Balaban J connectivity index is 1.94. The Labute approximate surface area is 142 Å². The molecule has 0 aliphatic carbocycles. The number of benzene rings is 2. The fourth-order valence-corrected chi connectivity index (χ4v) is 2.37. The number of hydrogen-bond acceptors (Lipinski definition) is 3. The quantitative estimate of drug-likeness (QED) is 0.851. The average Bonchev–Trinajstić information content (AvgIpc) is 2.59. The first kappa shape index (κ1) is 17.5. The minimum absolute atomic E-state index is 0.0141. The van der Waals surface area contributed by atoms with Crippen molar-refractivity contribution >= 4 is 17.5 Å². The lowest BCUT2D eigenvalue weighted by Crippen LogP contribution is -2.38. The van der Waals surface area contributed by atoms with Gasteiger partial charge in [-0.05, 0) is 24.1 Å². The smallest absolute Gasteiger partial charge is 0.244 e. The van der Waals surface area contributed by atoms with Crippen molar-refractivity contribution < 1.29 is 14.3 Å². The molecule has 0 bridgehead atoms. The number of para-hydroxylation sites is 2. The fraction of sp³-hybridized carbons (Fsp3) is 0.263. The fourth-order valence-electron chi connectivity index (χ4n) is 2.37. The molecule has 126 valence electrons. The molecule has 0 aliphatic heterocycles. The van der Waals surface area contributed by atoms with Crippen molar-refractivity contribution in [3.8, 4) is 5.75 Å². The summed E-state index contributed by atoms with van der Waals surface area (Å²) in [7, 11) is 1.55. The summed E-state index contributed by atoms with van der Waals surface area (Å²) in [6, 6.07) is 17.1. The molecule has 0 heterocycles. The van der Waals surface area contributed by atoms with E-state index in [9.17, 15) is 9.59 Å². The van der Waals surface area contributed by atoms with Gasteiger partial charge in [0.05, 0.1) is 19.3 Å². The Hall–Kier alpha value is -2.82. The van der Waals surface area contributed by atoms with E-state index in [1.807, 2.05) is 42.5 Å². The third-order valence-electron chi connectivity index (χ3n) is 3.67. The molecular weight excluding hydrogens is 304 g/mol. The number of anilines is 1. The molecule has 2 aromatic carbocycles. The number of nitrogens with zero attached hydrogens (tertiary/aromatic N) is 1. The lowest BCUT2D eigenvalue weighted by molar-refractivity contribution is -0.132. The van der Waals surface area contributed by atoms with Gasteiger partial charge in [0, 0.05) is 13.5 Å². The highest BCUT2D eigenvalue weighted by Gasteiger charge is 2.15. The molecule has 0 unspecified atom stereocenters. The molecular formula is C19H22N2O3. The van der Waals surface area contributed by atoms with E-state index in [1.165, 1.54) is 11.8 Å². The average molecular weight is 326 g/mol. The molecule has 0 spiro atoms. The monoisotopic (exact) mass is 326 g/mol. The molecule has 2 aromatic rings. The van der Waals surface area contributed by atoms with Crippen molar-refractivity contribution in [1.82, 2.24) is 4.90 Å². The number of rotatable bonds is 7. The van der Waals surface area contributed by atoms with Crippen LogP contribution in [-0.2, 0) is 16.0 Å². The molecule has 5 nitrogen and oxygen atoms in total. The van der Waals surface area contributed by atoms with Crippen LogP contribution in [0.15, 0.2) is 54.6 Å². The molecule has 1 N–H and O–H groups in total. The van der Waals surface area contributed by atoms with Gasteiger partial charge in [-0.2, -0.15) is 0 Å². The van der Waals surface area contributed by atoms with Gasteiger partial charge in [-0.3, -0.25) is 9.59 Å². The van der Waals surface area contributed by atoms with E-state index in [4.69, 9.17) is 4.74 Å². The summed E-state index contributed by atoms with van der Waals surface area (Å²) in [5.41, 5.74) is 1.73. The Bertz CT molecular complexity index is 686. The van der Waals surface area contributed by atoms with Crippen LogP contribution in [0.1, 0.15) is 12.5 Å². The van der Waals surface area contributed by atoms with Gasteiger partial charge in [-0.25, -0.2) is 0 Å². The van der Waals surface area contributed by atoms with Gasteiger partial charge in [0.25, 0.3) is 0 Å². The third kappa shape index (κ3) is 5.12. The number of carbonyl (C=O) groups is 2. The number of amides is 2. The normalized spacial score (nSPS) is 10.1. The maximum atomic E-state index is 12.2. The zero-order chi connectivity index (χ0) is 17.4. The third-order valence-corrected chi connectivity index (χ3v) is 3.67. The largest absolute Gasteiger partial charge is 0.495 e. The topological polar surface area (TPSA) is 58.6 Å². The molecule has 0 radical (unpaired) electrons. The zero-order valence-corrected chi connectivity index (χ0v) is 14.0. The summed E-state index contributed by atoms with van der Waals surface area (Å²) >= 11 is 0. The first-order valence-corrected chi connectivity index (χ1v) is 7.82. The van der Waals surface area contributed by atoms with Crippen LogP contribution in [0.5, 0.6) is 5.75 Å². The number of ether oxygens (including phenoxy) is 1. The maximum absolute atomic E-state index is 12.2. The highest BCUT2D eigenvalue weighted by Crippen LogP contribution is 2.22. The van der Waals surface area contributed by atoms with Crippen LogP contribution in [0.2, 0.25) is 0 Å². The predicted molar refractivity (Wildman–Crippen MR) is 94.0 cm³/mol. The lowest BCUT2D eigenvalue weighted by atomic mass is 10.1.